The van der Waals surface area contributed by atoms with Gasteiger partial charge in [-0.2, -0.15) is 0 Å². The maximum absolute atomic E-state index is 2.25. The quantitative estimate of drug-likeness (QED) is 0.312. The molecule has 78 valence electrons. The topological polar surface area (TPSA) is 0 Å². The number of rotatable bonds is 0. The molecule has 0 saturated carbocycles. The molecule has 0 saturated heterocycles. The SMILES string of the molecule is Bc1ccc2ccc3cccc4ccc1c2c34. The fourth-order valence-electron chi connectivity index (χ4n) is 2.88. The summed E-state index contributed by atoms with van der Waals surface area (Å²) in [6.07, 6.45) is 0. The lowest BCUT2D eigenvalue weighted by molar-refractivity contribution is 1.80. The Bertz CT molecular complexity index is 830. The smallest absolute Gasteiger partial charge is 0.0812 e. The van der Waals surface area contributed by atoms with Crippen LogP contribution >= 0.6 is 0 Å². The summed E-state index contributed by atoms with van der Waals surface area (Å²) in [5.74, 6) is 0. The molecule has 0 heterocycles. The van der Waals surface area contributed by atoms with Crippen LogP contribution in [0.3, 0.4) is 0 Å². The minimum Gasteiger partial charge on any atom is -0.0812 e. The molecule has 0 radical (unpaired) electrons. The second kappa shape index (κ2) is 3.01. The molecule has 0 aromatic heterocycles. The van der Waals surface area contributed by atoms with Crippen LogP contribution in [0, 0.1) is 0 Å². The summed E-state index contributed by atoms with van der Waals surface area (Å²) in [4.78, 5) is 0. The van der Waals surface area contributed by atoms with E-state index >= 15 is 0 Å². The molecule has 0 aliphatic rings. The van der Waals surface area contributed by atoms with Gasteiger partial charge in [-0.25, -0.2) is 0 Å². The molecule has 17 heavy (non-hydrogen) atoms. The molecule has 0 fully saturated rings. The molecule has 0 N–H and O–H groups in total. The Hall–Kier alpha value is -2.02. The lowest BCUT2D eigenvalue weighted by atomic mass is 9.85. The lowest BCUT2D eigenvalue weighted by Crippen LogP contribution is -2.03. The van der Waals surface area contributed by atoms with E-state index in [4.69, 9.17) is 0 Å². The normalized spacial score (nSPS) is 11.8. The van der Waals surface area contributed by atoms with Crippen LogP contribution < -0.4 is 5.46 Å². The Balaban J connectivity index is 2.48. The molecule has 4 aromatic carbocycles. The van der Waals surface area contributed by atoms with Crippen molar-refractivity contribution in [3.05, 3.63) is 54.6 Å². The van der Waals surface area contributed by atoms with Crippen LogP contribution in [0.15, 0.2) is 54.6 Å². The first-order chi connectivity index (χ1) is 8.34. The van der Waals surface area contributed by atoms with Crippen molar-refractivity contribution in [2.45, 2.75) is 0 Å². The zero-order chi connectivity index (χ0) is 11.4. The van der Waals surface area contributed by atoms with Crippen molar-refractivity contribution in [2.24, 2.45) is 0 Å². The molecule has 0 aliphatic carbocycles. The van der Waals surface area contributed by atoms with Crippen molar-refractivity contribution in [2.75, 3.05) is 0 Å². The van der Waals surface area contributed by atoms with Gasteiger partial charge in [-0.05, 0) is 32.3 Å². The Kier molecular flexibility index (Phi) is 1.60. The van der Waals surface area contributed by atoms with Crippen LogP contribution in [-0.4, -0.2) is 7.85 Å². The van der Waals surface area contributed by atoms with Crippen LogP contribution in [0.4, 0.5) is 0 Å². The Morgan fingerprint density at radius 3 is 1.94 bits per heavy atom. The molecule has 4 aromatic rings. The third-order valence-electron chi connectivity index (χ3n) is 3.75. The van der Waals surface area contributed by atoms with Gasteiger partial charge in [0.1, 0.15) is 7.85 Å². The van der Waals surface area contributed by atoms with Gasteiger partial charge in [0.25, 0.3) is 0 Å². The van der Waals surface area contributed by atoms with Crippen molar-refractivity contribution in [1.82, 2.24) is 0 Å². The second-order valence-corrected chi connectivity index (χ2v) is 4.74. The van der Waals surface area contributed by atoms with E-state index in [0.717, 1.165) is 0 Å². The molecule has 0 amide bonds. The van der Waals surface area contributed by atoms with Gasteiger partial charge >= 0.3 is 0 Å². The van der Waals surface area contributed by atoms with Crippen molar-refractivity contribution in [3.63, 3.8) is 0 Å². The summed E-state index contributed by atoms with van der Waals surface area (Å²) in [5.41, 5.74) is 1.36. The predicted molar refractivity (Wildman–Crippen MR) is 78.3 cm³/mol. The summed E-state index contributed by atoms with van der Waals surface area (Å²) < 4.78 is 0. The van der Waals surface area contributed by atoms with E-state index in [-0.39, 0.29) is 0 Å². The first-order valence-electron chi connectivity index (χ1n) is 5.98. The molecule has 0 aliphatic heterocycles. The summed E-state index contributed by atoms with van der Waals surface area (Å²) in [5, 5.41) is 8.23. The summed E-state index contributed by atoms with van der Waals surface area (Å²) in [6, 6.07) is 19.9. The van der Waals surface area contributed by atoms with Crippen LogP contribution in [0.1, 0.15) is 0 Å². The van der Waals surface area contributed by atoms with E-state index < -0.39 is 0 Å². The monoisotopic (exact) mass is 214 g/mol. The van der Waals surface area contributed by atoms with Gasteiger partial charge in [0.05, 0.1) is 0 Å². The van der Waals surface area contributed by atoms with Gasteiger partial charge in [-0.3, -0.25) is 0 Å². The number of hydrogen-bond donors (Lipinski definition) is 0. The van der Waals surface area contributed by atoms with E-state index in [1.54, 1.807) is 0 Å². The molecule has 1 heteroatoms. The van der Waals surface area contributed by atoms with Crippen molar-refractivity contribution < 1.29 is 0 Å². The van der Waals surface area contributed by atoms with Gasteiger partial charge in [-0.15, -0.1) is 0 Å². The molecular weight excluding hydrogens is 203 g/mol. The fourth-order valence-corrected chi connectivity index (χ4v) is 2.88. The van der Waals surface area contributed by atoms with Crippen molar-refractivity contribution >= 4 is 45.6 Å². The molecule has 0 unspecified atom stereocenters. The highest BCUT2D eigenvalue weighted by Gasteiger charge is 2.07. The van der Waals surface area contributed by atoms with Crippen LogP contribution in [-0.2, 0) is 0 Å². The minimum atomic E-state index is 1.34. The summed E-state index contributed by atoms with van der Waals surface area (Å²) in [6.45, 7) is 0. The number of hydrogen-bond acceptors (Lipinski definition) is 0. The zero-order valence-corrected chi connectivity index (χ0v) is 9.70. The van der Waals surface area contributed by atoms with Gasteiger partial charge in [0.15, 0.2) is 0 Å². The Morgan fingerprint density at radius 1 is 0.588 bits per heavy atom. The van der Waals surface area contributed by atoms with Gasteiger partial charge in [-0.1, -0.05) is 60.1 Å². The van der Waals surface area contributed by atoms with E-state index in [2.05, 4.69) is 62.4 Å². The number of benzene rings is 4. The highest BCUT2D eigenvalue weighted by Crippen LogP contribution is 2.33. The maximum atomic E-state index is 2.25. The Labute approximate surface area is 101 Å². The van der Waals surface area contributed by atoms with E-state index in [1.165, 1.54) is 37.8 Å². The molecule has 0 bridgehead atoms. The molecule has 0 nitrogen and oxygen atoms in total. The standard InChI is InChI=1S/C16H11B/c17-14-9-7-12-5-4-10-2-1-3-11-6-8-13(14)16(12)15(10)11/h1-9H,17H2. The average molecular weight is 214 g/mol. The van der Waals surface area contributed by atoms with Crippen LogP contribution in [0.5, 0.6) is 0 Å². The average Bonchev–Trinajstić information content (AvgIpc) is 2.38. The van der Waals surface area contributed by atoms with Gasteiger partial charge in [0, 0.05) is 0 Å². The van der Waals surface area contributed by atoms with E-state index in [1.807, 2.05) is 0 Å². The van der Waals surface area contributed by atoms with E-state index in [0.29, 0.717) is 0 Å². The second-order valence-electron chi connectivity index (χ2n) is 4.74. The first-order valence-corrected chi connectivity index (χ1v) is 5.98. The van der Waals surface area contributed by atoms with Crippen molar-refractivity contribution in [3.8, 4) is 0 Å². The summed E-state index contributed by atoms with van der Waals surface area (Å²) >= 11 is 0. The zero-order valence-electron chi connectivity index (χ0n) is 9.70. The Morgan fingerprint density at radius 2 is 1.18 bits per heavy atom. The summed E-state index contributed by atoms with van der Waals surface area (Å²) in [7, 11) is 2.19. The predicted octanol–water partition coefficient (Wildman–Crippen LogP) is 2.84. The molecule has 4 rings (SSSR count). The maximum Gasteiger partial charge on any atom is 0.140 e. The molecular formula is C16H11B. The van der Waals surface area contributed by atoms with Crippen molar-refractivity contribution in [1.29, 1.82) is 0 Å². The third-order valence-corrected chi connectivity index (χ3v) is 3.75. The highest BCUT2D eigenvalue weighted by atomic mass is 14.1. The van der Waals surface area contributed by atoms with E-state index in [9.17, 15) is 0 Å². The van der Waals surface area contributed by atoms with Crippen LogP contribution in [0.2, 0.25) is 0 Å². The fraction of sp³-hybridized carbons (Fsp3) is 0. The first kappa shape index (κ1) is 9.06. The molecule has 0 atom stereocenters. The third kappa shape index (κ3) is 1.09. The largest absolute Gasteiger partial charge is 0.140 e. The van der Waals surface area contributed by atoms with Crippen LogP contribution in [0.25, 0.3) is 32.3 Å². The van der Waals surface area contributed by atoms with Gasteiger partial charge < -0.3 is 0 Å². The lowest BCUT2D eigenvalue weighted by Gasteiger charge is -2.11. The minimum absolute atomic E-state index is 1.34. The highest BCUT2D eigenvalue weighted by molar-refractivity contribution is 6.42. The van der Waals surface area contributed by atoms with Gasteiger partial charge in [0.2, 0.25) is 0 Å². The molecule has 0 spiro atoms.